The predicted molar refractivity (Wildman–Crippen MR) is 32.3 cm³/mol. The Morgan fingerprint density at radius 3 is 2.55 bits per heavy atom. The minimum atomic E-state index is -3.67. The Bertz CT molecular complexity index is 156. The van der Waals surface area contributed by atoms with E-state index in [1.807, 2.05) is 0 Å². The lowest BCUT2D eigenvalue weighted by Gasteiger charge is -2.10. The van der Waals surface area contributed by atoms with Crippen molar-refractivity contribution in [1.29, 1.82) is 0 Å². The molecule has 64 valence electrons. The van der Waals surface area contributed by atoms with Crippen LogP contribution >= 0.6 is 0 Å². The first-order valence-corrected chi connectivity index (χ1v) is 3.03. The Labute approximate surface area is 62.3 Å². The number of alkyl halides is 2. The van der Waals surface area contributed by atoms with E-state index >= 15 is 0 Å². The van der Waals surface area contributed by atoms with Crippen LogP contribution in [-0.2, 0) is 14.3 Å². The highest BCUT2D eigenvalue weighted by atomic mass is 19.3. The molecule has 0 bridgehead atoms. The van der Waals surface area contributed by atoms with Crippen LogP contribution in [0.4, 0.5) is 8.78 Å². The number of hydrogen-bond acceptors (Lipinski definition) is 3. The van der Waals surface area contributed by atoms with Crippen LogP contribution in [0, 0.1) is 0 Å². The van der Waals surface area contributed by atoms with E-state index in [-0.39, 0.29) is 12.9 Å². The van der Waals surface area contributed by atoms with Gasteiger partial charge in [0.25, 0.3) is 0 Å². The van der Waals surface area contributed by atoms with E-state index in [4.69, 9.17) is 0 Å². The molecule has 0 radical (unpaired) electrons. The SMILES string of the molecule is CCOC(=O)C(F)(F)CC=O. The monoisotopic (exact) mass is 166 g/mol. The fourth-order valence-electron chi connectivity index (χ4n) is 0.425. The summed E-state index contributed by atoms with van der Waals surface area (Å²) in [5.74, 6) is -5.32. The van der Waals surface area contributed by atoms with Crippen LogP contribution in [0.2, 0.25) is 0 Å². The minimum absolute atomic E-state index is 0.0169. The van der Waals surface area contributed by atoms with Crippen LogP contribution in [-0.4, -0.2) is 24.8 Å². The lowest BCUT2D eigenvalue weighted by Crippen LogP contribution is -2.31. The van der Waals surface area contributed by atoms with Gasteiger partial charge in [-0.3, -0.25) is 0 Å². The molecular weight excluding hydrogens is 158 g/mol. The highest BCUT2D eigenvalue weighted by Gasteiger charge is 2.39. The van der Waals surface area contributed by atoms with Gasteiger partial charge in [0, 0.05) is 0 Å². The smallest absolute Gasteiger partial charge is 0.377 e. The van der Waals surface area contributed by atoms with Gasteiger partial charge in [0.05, 0.1) is 13.0 Å². The molecule has 0 aliphatic heterocycles. The molecule has 0 saturated carbocycles. The average molecular weight is 166 g/mol. The second-order valence-electron chi connectivity index (χ2n) is 1.80. The number of aldehydes is 1. The third kappa shape index (κ3) is 3.06. The first-order valence-electron chi connectivity index (χ1n) is 3.03. The van der Waals surface area contributed by atoms with Gasteiger partial charge in [-0.05, 0) is 6.92 Å². The summed E-state index contributed by atoms with van der Waals surface area (Å²) in [5.41, 5.74) is 0. The van der Waals surface area contributed by atoms with E-state index in [9.17, 15) is 18.4 Å². The van der Waals surface area contributed by atoms with Gasteiger partial charge in [0.2, 0.25) is 0 Å². The summed E-state index contributed by atoms with van der Waals surface area (Å²) in [6.45, 7) is 1.29. The first-order chi connectivity index (χ1) is 5.04. The predicted octanol–water partition coefficient (Wildman–Crippen LogP) is 0.774. The maximum absolute atomic E-state index is 12.3. The average Bonchev–Trinajstić information content (AvgIpc) is 1.88. The summed E-state index contributed by atoms with van der Waals surface area (Å²) in [6, 6.07) is 0. The second-order valence-corrected chi connectivity index (χ2v) is 1.80. The standard InChI is InChI=1S/C6H8F2O3/c1-2-11-5(10)6(7,8)3-4-9/h4H,2-3H2,1H3. The zero-order valence-corrected chi connectivity index (χ0v) is 5.97. The Hall–Kier alpha value is -1.00. The topological polar surface area (TPSA) is 43.4 Å². The van der Waals surface area contributed by atoms with Gasteiger partial charge in [-0.15, -0.1) is 0 Å². The van der Waals surface area contributed by atoms with Gasteiger partial charge in [0.1, 0.15) is 6.29 Å². The minimum Gasteiger partial charge on any atom is -0.462 e. The van der Waals surface area contributed by atoms with Crippen LogP contribution < -0.4 is 0 Å². The van der Waals surface area contributed by atoms with Crippen LogP contribution in [0.3, 0.4) is 0 Å². The maximum atomic E-state index is 12.3. The molecule has 0 rings (SSSR count). The quantitative estimate of drug-likeness (QED) is 0.457. The molecule has 0 aliphatic rings. The molecule has 0 saturated heterocycles. The summed E-state index contributed by atoms with van der Waals surface area (Å²) < 4.78 is 28.6. The van der Waals surface area contributed by atoms with Crippen molar-refractivity contribution in [2.24, 2.45) is 0 Å². The molecule has 0 aromatic rings. The molecule has 0 aliphatic carbocycles. The van der Waals surface area contributed by atoms with Crippen molar-refractivity contribution in [1.82, 2.24) is 0 Å². The lowest BCUT2D eigenvalue weighted by molar-refractivity contribution is -0.172. The first kappa shape index (κ1) is 10.0. The molecule has 0 amide bonds. The molecule has 3 nitrogen and oxygen atoms in total. The summed E-state index contributed by atoms with van der Waals surface area (Å²) in [5, 5.41) is 0. The number of rotatable bonds is 4. The summed E-state index contributed by atoms with van der Waals surface area (Å²) in [7, 11) is 0. The summed E-state index contributed by atoms with van der Waals surface area (Å²) >= 11 is 0. The number of halogens is 2. The van der Waals surface area contributed by atoms with E-state index in [0.717, 1.165) is 0 Å². The number of esters is 1. The molecule has 0 aromatic carbocycles. The highest BCUT2D eigenvalue weighted by molar-refractivity contribution is 5.80. The molecule has 5 heteroatoms. The van der Waals surface area contributed by atoms with Crippen molar-refractivity contribution in [2.45, 2.75) is 19.3 Å². The van der Waals surface area contributed by atoms with Crippen molar-refractivity contribution in [3.05, 3.63) is 0 Å². The fraction of sp³-hybridized carbons (Fsp3) is 0.667. The van der Waals surface area contributed by atoms with Gasteiger partial charge in [-0.25, -0.2) is 4.79 Å². The van der Waals surface area contributed by atoms with Crippen molar-refractivity contribution < 1.29 is 23.1 Å². The van der Waals surface area contributed by atoms with E-state index in [1.54, 1.807) is 0 Å². The molecule has 0 fully saturated rings. The second kappa shape index (κ2) is 4.00. The van der Waals surface area contributed by atoms with E-state index in [1.165, 1.54) is 6.92 Å². The van der Waals surface area contributed by atoms with Gasteiger partial charge in [-0.2, -0.15) is 8.78 Å². The maximum Gasteiger partial charge on any atom is 0.377 e. The lowest BCUT2D eigenvalue weighted by atomic mass is 10.2. The van der Waals surface area contributed by atoms with E-state index in [0.29, 0.717) is 0 Å². The van der Waals surface area contributed by atoms with Crippen molar-refractivity contribution in [3.8, 4) is 0 Å². The van der Waals surface area contributed by atoms with E-state index in [2.05, 4.69) is 4.74 Å². The number of ether oxygens (including phenoxy) is 1. The Morgan fingerprint density at radius 2 is 2.18 bits per heavy atom. The molecule has 0 heterocycles. The Kier molecular flexibility index (Phi) is 3.64. The fourth-order valence-corrected chi connectivity index (χ4v) is 0.425. The largest absolute Gasteiger partial charge is 0.462 e. The summed E-state index contributed by atoms with van der Waals surface area (Å²) in [6.07, 6.45) is -1.14. The molecule has 11 heavy (non-hydrogen) atoms. The number of carbonyl (C=O) groups excluding carboxylic acids is 2. The zero-order chi connectivity index (χ0) is 8.91. The Morgan fingerprint density at radius 1 is 1.64 bits per heavy atom. The number of hydrogen-bond donors (Lipinski definition) is 0. The third-order valence-corrected chi connectivity index (χ3v) is 0.914. The molecule has 0 aromatic heterocycles. The van der Waals surface area contributed by atoms with Crippen LogP contribution in [0.1, 0.15) is 13.3 Å². The van der Waals surface area contributed by atoms with Crippen LogP contribution in [0.15, 0.2) is 0 Å². The third-order valence-electron chi connectivity index (χ3n) is 0.914. The van der Waals surface area contributed by atoms with Gasteiger partial charge in [-0.1, -0.05) is 0 Å². The van der Waals surface area contributed by atoms with Crippen LogP contribution in [0.25, 0.3) is 0 Å². The Balaban J connectivity index is 4.05. The normalized spacial score (nSPS) is 10.8. The van der Waals surface area contributed by atoms with Crippen molar-refractivity contribution >= 4 is 12.3 Å². The van der Waals surface area contributed by atoms with Crippen LogP contribution in [0.5, 0.6) is 0 Å². The van der Waals surface area contributed by atoms with E-state index < -0.39 is 18.3 Å². The molecule has 0 spiro atoms. The van der Waals surface area contributed by atoms with Crippen molar-refractivity contribution in [2.75, 3.05) is 6.61 Å². The molecule has 0 atom stereocenters. The molecule has 0 N–H and O–H groups in total. The van der Waals surface area contributed by atoms with Crippen molar-refractivity contribution in [3.63, 3.8) is 0 Å². The highest BCUT2D eigenvalue weighted by Crippen LogP contribution is 2.18. The van der Waals surface area contributed by atoms with Gasteiger partial charge in [0.15, 0.2) is 0 Å². The molecular formula is C6H8F2O3. The zero-order valence-electron chi connectivity index (χ0n) is 5.97. The van der Waals surface area contributed by atoms with Gasteiger partial charge < -0.3 is 9.53 Å². The molecule has 0 unspecified atom stereocenters. The number of carbonyl (C=O) groups is 2. The van der Waals surface area contributed by atoms with Gasteiger partial charge >= 0.3 is 11.9 Å². The summed E-state index contributed by atoms with van der Waals surface area (Å²) in [4.78, 5) is 20.0.